The number of carbonyl (C=O) groups is 1. The van der Waals surface area contributed by atoms with Crippen molar-refractivity contribution >= 4 is 16.9 Å². The van der Waals surface area contributed by atoms with E-state index in [1.807, 2.05) is 11.6 Å². The van der Waals surface area contributed by atoms with Crippen LogP contribution in [0, 0.1) is 5.82 Å². The number of aryl methyl sites for hydroxylation is 1. The zero-order valence-electron chi connectivity index (χ0n) is 12.3. The van der Waals surface area contributed by atoms with Gasteiger partial charge < -0.3 is 20.3 Å². The molecule has 6 nitrogen and oxygen atoms in total. The van der Waals surface area contributed by atoms with E-state index in [9.17, 15) is 14.3 Å². The number of β-amino-alcohol motifs (C(OH)–C–C–N with tert-alkyl or cyclic N) is 1. The van der Waals surface area contributed by atoms with Crippen LogP contribution in [0.5, 0.6) is 0 Å². The Morgan fingerprint density at radius 3 is 3.14 bits per heavy atom. The Labute approximate surface area is 127 Å². The number of aromatic nitrogens is 2. The molecule has 2 heterocycles. The van der Waals surface area contributed by atoms with Crippen molar-refractivity contribution in [2.75, 3.05) is 13.1 Å². The van der Waals surface area contributed by atoms with E-state index in [1.165, 1.54) is 12.1 Å². The minimum atomic E-state index is -0.453. The lowest BCUT2D eigenvalue weighted by Gasteiger charge is -2.10. The van der Waals surface area contributed by atoms with Crippen molar-refractivity contribution in [2.24, 2.45) is 7.05 Å². The predicted octanol–water partition coefficient (Wildman–Crippen LogP) is 0.0939. The topological polar surface area (TPSA) is 79.2 Å². The van der Waals surface area contributed by atoms with Crippen molar-refractivity contribution in [3.8, 4) is 0 Å². The zero-order chi connectivity index (χ0) is 15.7. The summed E-state index contributed by atoms with van der Waals surface area (Å²) in [6.45, 7) is 0.904. The van der Waals surface area contributed by atoms with E-state index < -0.39 is 6.10 Å². The predicted molar refractivity (Wildman–Crippen MR) is 79.8 cm³/mol. The second-order valence-electron chi connectivity index (χ2n) is 5.61. The number of carbonyl (C=O) groups excluding carboxylic acids is 1. The van der Waals surface area contributed by atoms with E-state index in [4.69, 9.17) is 0 Å². The summed E-state index contributed by atoms with van der Waals surface area (Å²) in [4.78, 5) is 16.4. The number of nitrogens with one attached hydrogen (secondary N) is 2. The van der Waals surface area contributed by atoms with Gasteiger partial charge in [-0.25, -0.2) is 9.37 Å². The maximum Gasteiger partial charge on any atom is 0.237 e. The Morgan fingerprint density at radius 2 is 2.41 bits per heavy atom. The summed E-state index contributed by atoms with van der Waals surface area (Å²) in [7, 11) is 1.83. The number of aliphatic hydroxyl groups is 1. The van der Waals surface area contributed by atoms with E-state index in [1.54, 1.807) is 6.07 Å². The van der Waals surface area contributed by atoms with Crippen LogP contribution >= 0.6 is 0 Å². The molecule has 1 amide bonds. The lowest BCUT2D eigenvalue weighted by atomic mass is 10.2. The summed E-state index contributed by atoms with van der Waals surface area (Å²) >= 11 is 0. The van der Waals surface area contributed by atoms with Gasteiger partial charge in [-0.3, -0.25) is 4.79 Å². The van der Waals surface area contributed by atoms with Crippen LogP contribution < -0.4 is 10.6 Å². The highest BCUT2D eigenvalue weighted by molar-refractivity contribution is 5.82. The molecule has 3 N–H and O–H groups in total. The third-order valence-electron chi connectivity index (χ3n) is 4.01. The molecule has 1 aliphatic rings. The van der Waals surface area contributed by atoms with Crippen LogP contribution in [0.15, 0.2) is 18.2 Å². The van der Waals surface area contributed by atoms with E-state index >= 15 is 0 Å². The smallest absolute Gasteiger partial charge is 0.237 e. The molecule has 2 atom stereocenters. The maximum absolute atomic E-state index is 13.3. The molecule has 0 aliphatic carbocycles. The Kier molecular flexibility index (Phi) is 4.08. The fourth-order valence-electron chi connectivity index (χ4n) is 2.77. The minimum Gasteiger partial charge on any atom is -0.392 e. The highest BCUT2D eigenvalue weighted by Gasteiger charge is 2.27. The minimum absolute atomic E-state index is 0.110. The summed E-state index contributed by atoms with van der Waals surface area (Å²) in [5.41, 5.74) is 1.48. The summed E-state index contributed by atoms with van der Waals surface area (Å²) in [6.07, 6.45) is 0.552. The van der Waals surface area contributed by atoms with Crippen molar-refractivity contribution in [1.29, 1.82) is 0 Å². The number of benzene rings is 1. The zero-order valence-corrected chi connectivity index (χ0v) is 12.3. The highest BCUT2D eigenvalue weighted by Crippen LogP contribution is 2.16. The van der Waals surface area contributed by atoms with Gasteiger partial charge in [0, 0.05) is 26.6 Å². The Balaban J connectivity index is 1.60. The van der Waals surface area contributed by atoms with Gasteiger partial charge in [0.1, 0.15) is 11.6 Å². The first-order chi connectivity index (χ1) is 10.5. The number of halogens is 1. The standard InChI is InChI=1S/C15H19FN4O2/c1-20-13-6-9(16)2-3-11(13)19-14(20)4-5-17-15(22)12-7-10(21)8-18-12/h2-3,6,10,12,18,21H,4-5,7-8H2,1H3,(H,17,22). The molecule has 0 bridgehead atoms. The molecule has 1 aromatic carbocycles. The average molecular weight is 306 g/mol. The molecule has 7 heteroatoms. The quantitative estimate of drug-likeness (QED) is 0.748. The summed E-state index contributed by atoms with van der Waals surface area (Å²) in [5, 5.41) is 15.2. The molecule has 22 heavy (non-hydrogen) atoms. The molecule has 0 radical (unpaired) electrons. The fraction of sp³-hybridized carbons (Fsp3) is 0.467. The first-order valence-corrected chi connectivity index (χ1v) is 7.34. The number of imidazole rings is 1. The van der Waals surface area contributed by atoms with Gasteiger partial charge >= 0.3 is 0 Å². The second kappa shape index (κ2) is 6.02. The van der Waals surface area contributed by atoms with Crippen LogP contribution in [0.25, 0.3) is 11.0 Å². The molecule has 1 aliphatic heterocycles. The number of nitrogens with zero attached hydrogens (tertiary/aromatic N) is 2. The maximum atomic E-state index is 13.3. The Morgan fingerprint density at radius 1 is 1.59 bits per heavy atom. The van der Waals surface area contributed by atoms with E-state index in [0.29, 0.717) is 25.9 Å². The lowest BCUT2D eigenvalue weighted by Crippen LogP contribution is -2.41. The van der Waals surface area contributed by atoms with Gasteiger partial charge in [-0.05, 0) is 24.6 Å². The number of fused-ring (bicyclic) bond motifs is 1. The summed E-state index contributed by atoms with van der Waals surface area (Å²) < 4.78 is 15.1. The molecule has 1 fully saturated rings. The van der Waals surface area contributed by atoms with Gasteiger partial charge in [0.05, 0.1) is 23.2 Å². The monoisotopic (exact) mass is 306 g/mol. The average Bonchev–Trinajstić information content (AvgIpc) is 3.05. The van der Waals surface area contributed by atoms with Crippen LogP contribution in [-0.2, 0) is 18.3 Å². The van der Waals surface area contributed by atoms with E-state index in [2.05, 4.69) is 15.6 Å². The highest BCUT2D eigenvalue weighted by atomic mass is 19.1. The van der Waals surface area contributed by atoms with Crippen LogP contribution in [0.1, 0.15) is 12.2 Å². The van der Waals surface area contributed by atoms with Gasteiger partial charge in [-0.2, -0.15) is 0 Å². The first-order valence-electron chi connectivity index (χ1n) is 7.34. The number of amides is 1. The Bertz CT molecular complexity index is 700. The van der Waals surface area contributed by atoms with E-state index in [0.717, 1.165) is 16.9 Å². The molecule has 0 saturated carbocycles. The summed E-state index contributed by atoms with van der Waals surface area (Å²) in [5.74, 6) is 0.392. The van der Waals surface area contributed by atoms with Crippen molar-refractivity contribution < 1.29 is 14.3 Å². The van der Waals surface area contributed by atoms with Crippen molar-refractivity contribution in [3.05, 3.63) is 29.8 Å². The second-order valence-corrected chi connectivity index (χ2v) is 5.61. The number of hydrogen-bond donors (Lipinski definition) is 3. The van der Waals surface area contributed by atoms with Gasteiger partial charge in [0.25, 0.3) is 0 Å². The molecule has 1 aromatic heterocycles. The normalized spacial score (nSPS) is 21.4. The van der Waals surface area contributed by atoms with Gasteiger partial charge in [-0.15, -0.1) is 0 Å². The third kappa shape index (κ3) is 2.95. The molecule has 3 rings (SSSR count). The molecule has 2 aromatic rings. The van der Waals surface area contributed by atoms with Gasteiger partial charge in [0.2, 0.25) is 5.91 Å². The molecule has 118 valence electrons. The molecular weight excluding hydrogens is 287 g/mol. The summed E-state index contributed by atoms with van der Waals surface area (Å²) in [6, 6.07) is 4.16. The molecule has 1 saturated heterocycles. The van der Waals surface area contributed by atoms with Crippen LogP contribution in [0.3, 0.4) is 0 Å². The largest absolute Gasteiger partial charge is 0.392 e. The van der Waals surface area contributed by atoms with Crippen molar-refractivity contribution in [2.45, 2.75) is 25.0 Å². The lowest BCUT2D eigenvalue weighted by molar-refractivity contribution is -0.122. The molecule has 2 unspecified atom stereocenters. The molecular formula is C15H19FN4O2. The molecule has 0 spiro atoms. The fourth-order valence-corrected chi connectivity index (χ4v) is 2.77. The van der Waals surface area contributed by atoms with E-state index in [-0.39, 0.29) is 17.8 Å². The van der Waals surface area contributed by atoms with Crippen molar-refractivity contribution in [3.63, 3.8) is 0 Å². The van der Waals surface area contributed by atoms with Crippen LogP contribution in [0.2, 0.25) is 0 Å². The number of aliphatic hydroxyl groups excluding tert-OH is 1. The first kappa shape index (κ1) is 14.9. The Hall–Kier alpha value is -1.99. The van der Waals surface area contributed by atoms with Crippen LogP contribution in [-0.4, -0.2) is 45.8 Å². The number of rotatable bonds is 4. The van der Waals surface area contributed by atoms with Gasteiger partial charge in [-0.1, -0.05) is 0 Å². The SMILES string of the molecule is Cn1c(CCNC(=O)C2CC(O)CN2)nc2ccc(F)cc21. The van der Waals surface area contributed by atoms with Crippen LogP contribution in [0.4, 0.5) is 4.39 Å². The number of hydrogen-bond acceptors (Lipinski definition) is 4. The van der Waals surface area contributed by atoms with Crippen molar-refractivity contribution in [1.82, 2.24) is 20.2 Å². The van der Waals surface area contributed by atoms with Gasteiger partial charge in [0.15, 0.2) is 0 Å². The third-order valence-corrected chi connectivity index (χ3v) is 4.01.